The number of ether oxygens (including phenoxy) is 2. The largest absolute Gasteiger partial charge is 0.496 e. The number of aromatic nitrogens is 3. The summed E-state index contributed by atoms with van der Waals surface area (Å²) in [6.45, 7) is 9.00. The molecular weight excluding hydrogens is 456 g/mol. The summed E-state index contributed by atoms with van der Waals surface area (Å²) in [4.78, 5) is 14.7. The molecule has 170 valence electrons. The Balaban J connectivity index is 0.000000971. The fourth-order valence-corrected chi connectivity index (χ4v) is 2.63. The molecule has 0 unspecified atom stereocenters. The van der Waals surface area contributed by atoms with Crippen molar-refractivity contribution in [1.29, 1.82) is 0 Å². The van der Waals surface area contributed by atoms with Crippen LogP contribution in [-0.2, 0) is 17.1 Å². The molecule has 0 N–H and O–H groups in total. The third-order valence-corrected chi connectivity index (χ3v) is 3.89. The summed E-state index contributed by atoms with van der Waals surface area (Å²) in [5, 5.41) is 19.1. The smallest absolute Gasteiger partial charge is 0.269 e. The first-order chi connectivity index (χ1) is 15.2. The number of methoxy groups -OCH3 is 1. The summed E-state index contributed by atoms with van der Waals surface area (Å²) < 4.78 is 16.6. The Labute approximate surface area is 196 Å². The van der Waals surface area contributed by atoms with Crippen LogP contribution in [0.1, 0.15) is 20.8 Å². The number of nitro groups is 1. The second kappa shape index (κ2) is 13.0. The molecule has 32 heavy (non-hydrogen) atoms. The quantitative estimate of drug-likeness (QED) is 0.151. The second-order valence-corrected chi connectivity index (χ2v) is 5.48. The fourth-order valence-electron chi connectivity index (χ4n) is 2.63. The van der Waals surface area contributed by atoms with Crippen molar-refractivity contribution in [2.75, 3.05) is 7.11 Å². The van der Waals surface area contributed by atoms with Gasteiger partial charge in [0.2, 0.25) is 6.39 Å². The topological polar surface area (TPSA) is 113 Å². The van der Waals surface area contributed by atoms with Crippen molar-refractivity contribution in [3.63, 3.8) is 0 Å². The maximum atomic E-state index is 10.8. The van der Waals surface area contributed by atoms with Gasteiger partial charge in [0.05, 0.1) is 23.1 Å². The van der Waals surface area contributed by atoms with Crippen molar-refractivity contribution in [3.05, 3.63) is 72.1 Å². The molecule has 2 aromatic carbocycles. The molecule has 9 nitrogen and oxygen atoms in total. The normalized spacial score (nSPS) is 9.41. The number of hydrogen-bond donors (Lipinski definition) is 0. The van der Waals surface area contributed by atoms with Gasteiger partial charge < -0.3 is 20.8 Å². The van der Waals surface area contributed by atoms with E-state index >= 15 is 0 Å². The van der Waals surface area contributed by atoms with E-state index in [0.29, 0.717) is 39.6 Å². The van der Waals surface area contributed by atoms with E-state index in [-0.39, 0.29) is 22.8 Å². The van der Waals surface area contributed by atoms with Crippen LogP contribution in [0, 0.1) is 17.0 Å². The number of nitro benzene ring substituents is 1. The molecule has 10 heteroatoms. The minimum Gasteiger partial charge on any atom is -0.496 e. The predicted octanol–water partition coefficient (Wildman–Crippen LogP) is 5.86. The van der Waals surface area contributed by atoms with Crippen molar-refractivity contribution in [2.24, 2.45) is 0 Å². The van der Waals surface area contributed by atoms with Crippen molar-refractivity contribution in [3.8, 4) is 28.7 Å². The summed E-state index contributed by atoms with van der Waals surface area (Å²) in [7, 11) is 1.54. The molecule has 0 aliphatic carbocycles. The van der Waals surface area contributed by atoms with E-state index in [1.165, 1.54) is 37.8 Å². The Bertz CT molecular complexity index is 1120. The summed E-state index contributed by atoms with van der Waals surface area (Å²) in [5.41, 5.74) is 1.24. The van der Waals surface area contributed by atoms with Gasteiger partial charge in [-0.25, -0.2) is 0 Å². The van der Waals surface area contributed by atoms with E-state index in [9.17, 15) is 10.1 Å². The predicted molar refractivity (Wildman–Crippen MR) is 117 cm³/mol. The zero-order valence-electron chi connectivity index (χ0n) is 18.1. The number of fused-ring (bicyclic) bond motifs is 1. The molecule has 0 atom stereocenters. The van der Waals surface area contributed by atoms with Crippen LogP contribution >= 0.6 is 0 Å². The number of rotatable bonds is 5. The van der Waals surface area contributed by atoms with Crippen LogP contribution in [0.2, 0.25) is 0 Å². The average molecular weight is 479 g/mol. The molecule has 2 aromatic heterocycles. The second-order valence-electron chi connectivity index (χ2n) is 5.48. The molecule has 4 rings (SSSR count). The molecule has 0 spiro atoms. The summed E-state index contributed by atoms with van der Waals surface area (Å²) in [6, 6.07) is 11.1. The van der Waals surface area contributed by atoms with Crippen LogP contribution in [0.5, 0.6) is 17.2 Å². The van der Waals surface area contributed by atoms with Gasteiger partial charge in [0.15, 0.2) is 0 Å². The summed E-state index contributed by atoms with van der Waals surface area (Å²) in [5.74, 6) is 1.83. The molecule has 0 saturated carbocycles. The number of nitrogens with zero attached hydrogens (tertiary/aromatic N) is 4. The fraction of sp³-hybridized carbons (Fsp3) is 0.182. The summed E-state index contributed by atoms with van der Waals surface area (Å²) in [6.07, 6.45) is 2.84. The van der Waals surface area contributed by atoms with Crippen molar-refractivity contribution in [1.82, 2.24) is 15.2 Å². The number of benzene rings is 2. The molecule has 0 saturated heterocycles. The average Bonchev–Trinajstić information content (AvgIpc) is 3.36. The van der Waals surface area contributed by atoms with E-state index in [4.69, 9.17) is 13.9 Å². The van der Waals surface area contributed by atoms with Crippen LogP contribution < -0.4 is 9.47 Å². The molecule has 0 aliphatic heterocycles. The van der Waals surface area contributed by atoms with E-state index in [0.717, 1.165) is 0 Å². The molecule has 0 radical (unpaired) electrons. The standard InChI is InChI=1S/C18H12N4O5.C2H6.C2H5.Fe/c1-25-17-9-15-13(8-14(17)18-21-20-10-26-18)16(6-7-19-15)27-12-4-2-11(3-5-12)22(23)24;2*1-2;/h2-10H,1H3;1-2H3;1H2,2H3;/q;;-1;. The van der Waals surface area contributed by atoms with Crippen LogP contribution in [0.25, 0.3) is 22.4 Å². The number of non-ortho nitro benzene ring substituents is 1. The Kier molecular flexibility index (Phi) is 10.8. The van der Waals surface area contributed by atoms with Crippen molar-refractivity contribution < 1.29 is 35.9 Å². The van der Waals surface area contributed by atoms with E-state index in [1.54, 1.807) is 31.3 Å². The van der Waals surface area contributed by atoms with Gasteiger partial charge in [-0.1, -0.05) is 13.8 Å². The third-order valence-electron chi connectivity index (χ3n) is 3.89. The summed E-state index contributed by atoms with van der Waals surface area (Å²) >= 11 is 0. The Morgan fingerprint density at radius 1 is 1.06 bits per heavy atom. The minimum atomic E-state index is -0.464. The SMILES string of the molecule is CC.COc1cc2nccc(Oc3ccc([N+](=O)[O-])cc3)c2cc1-c1nnco1.[CH2-]C.[Fe]. The molecule has 0 bridgehead atoms. The molecule has 0 fully saturated rings. The van der Waals surface area contributed by atoms with E-state index in [1.807, 2.05) is 13.8 Å². The number of hydrogen-bond acceptors (Lipinski definition) is 8. The maximum absolute atomic E-state index is 10.8. The van der Waals surface area contributed by atoms with Crippen LogP contribution in [0.15, 0.2) is 59.5 Å². The molecule has 4 aromatic rings. The zero-order valence-corrected chi connectivity index (χ0v) is 19.2. The van der Waals surface area contributed by atoms with Gasteiger partial charge >= 0.3 is 0 Å². The van der Waals surface area contributed by atoms with Crippen LogP contribution in [0.3, 0.4) is 0 Å². The van der Waals surface area contributed by atoms with Crippen molar-refractivity contribution >= 4 is 16.6 Å². The first-order valence-electron chi connectivity index (χ1n) is 9.52. The Morgan fingerprint density at radius 3 is 2.31 bits per heavy atom. The maximum Gasteiger partial charge on any atom is 0.269 e. The molecule has 2 heterocycles. The minimum absolute atomic E-state index is 0. The molecule has 0 amide bonds. The van der Waals surface area contributed by atoms with Gasteiger partial charge in [-0.2, -0.15) is 6.92 Å². The van der Waals surface area contributed by atoms with E-state index in [2.05, 4.69) is 22.1 Å². The van der Waals surface area contributed by atoms with Gasteiger partial charge in [-0.15, -0.1) is 10.2 Å². The van der Waals surface area contributed by atoms with Gasteiger partial charge in [-0.05, 0) is 24.3 Å². The molecule has 0 aliphatic rings. The van der Waals surface area contributed by atoms with E-state index < -0.39 is 4.92 Å². The Morgan fingerprint density at radius 2 is 1.75 bits per heavy atom. The molecular formula is C22H23FeN4O5-. The first-order valence-corrected chi connectivity index (χ1v) is 9.52. The van der Waals surface area contributed by atoms with Crippen LogP contribution in [0.4, 0.5) is 5.69 Å². The monoisotopic (exact) mass is 479 g/mol. The van der Waals surface area contributed by atoms with Gasteiger partial charge in [0.1, 0.15) is 17.2 Å². The first kappa shape index (κ1) is 26.5. The van der Waals surface area contributed by atoms with Gasteiger partial charge in [-0.3, -0.25) is 15.1 Å². The zero-order chi connectivity index (χ0) is 22.8. The third kappa shape index (κ3) is 6.02. The Hall–Kier alpha value is -3.49. The van der Waals surface area contributed by atoms with Crippen molar-refractivity contribution in [2.45, 2.75) is 20.8 Å². The van der Waals surface area contributed by atoms with Gasteiger partial charge in [0.25, 0.3) is 11.6 Å². The van der Waals surface area contributed by atoms with Gasteiger partial charge in [0, 0.05) is 46.9 Å². The number of pyridine rings is 1. The van der Waals surface area contributed by atoms with Crippen LogP contribution in [-0.4, -0.2) is 27.2 Å².